The van der Waals surface area contributed by atoms with Gasteiger partial charge in [-0.1, -0.05) is 6.92 Å². The van der Waals surface area contributed by atoms with Crippen LogP contribution in [0.15, 0.2) is 41.2 Å². The van der Waals surface area contributed by atoms with Crippen molar-refractivity contribution in [3.8, 4) is 17.0 Å². The quantitative estimate of drug-likeness (QED) is 0.812. The number of nitrogens with zero attached hydrogens (tertiary/aromatic N) is 3. The molecule has 1 aliphatic rings. The third kappa shape index (κ3) is 4.38. The highest BCUT2D eigenvalue weighted by Gasteiger charge is 2.26. The van der Waals surface area contributed by atoms with E-state index >= 15 is 0 Å². The Morgan fingerprint density at radius 2 is 1.85 bits per heavy atom. The average Bonchev–Trinajstić information content (AvgIpc) is 2.69. The van der Waals surface area contributed by atoms with Gasteiger partial charge in [0.2, 0.25) is 5.91 Å². The van der Waals surface area contributed by atoms with Gasteiger partial charge in [-0.2, -0.15) is 5.10 Å². The molecular formula is C21H27N3O3. The number of carbonyl (C=O) groups is 1. The van der Waals surface area contributed by atoms with Crippen LogP contribution in [0.2, 0.25) is 0 Å². The van der Waals surface area contributed by atoms with Crippen molar-refractivity contribution in [2.24, 2.45) is 5.92 Å². The number of aromatic nitrogens is 2. The van der Waals surface area contributed by atoms with Crippen molar-refractivity contribution in [2.75, 3.05) is 19.7 Å². The first-order valence-electron chi connectivity index (χ1n) is 9.61. The minimum atomic E-state index is -0.617. The summed E-state index contributed by atoms with van der Waals surface area (Å²) in [6.45, 7) is 7.99. The van der Waals surface area contributed by atoms with Crippen molar-refractivity contribution in [1.82, 2.24) is 14.7 Å². The van der Waals surface area contributed by atoms with E-state index in [2.05, 4.69) is 12.0 Å². The van der Waals surface area contributed by atoms with Crippen LogP contribution in [0, 0.1) is 5.92 Å². The molecule has 27 heavy (non-hydrogen) atoms. The summed E-state index contributed by atoms with van der Waals surface area (Å²) in [7, 11) is 0. The summed E-state index contributed by atoms with van der Waals surface area (Å²) in [5, 5.41) is 4.46. The Kier molecular flexibility index (Phi) is 5.94. The molecule has 1 aromatic heterocycles. The number of benzene rings is 1. The Morgan fingerprint density at radius 3 is 2.48 bits per heavy atom. The molecule has 0 aliphatic carbocycles. The fraction of sp³-hybridized carbons (Fsp3) is 0.476. The van der Waals surface area contributed by atoms with E-state index in [0.717, 1.165) is 37.2 Å². The van der Waals surface area contributed by atoms with E-state index in [9.17, 15) is 9.59 Å². The molecule has 6 heteroatoms. The zero-order chi connectivity index (χ0) is 19.4. The Labute approximate surface area is 159 Å². The maximum absolute atomic E-state index is 12.8. The van der Waals surface area contributed by atoms with Crippen LogP contribution in [0.4, 0.5) is 0 Å². The van der Waals surface area contributed by atoms with E-state index in [1.807, 2.05) is 36.1 Å². The average molecular weight is 369 g/mol. The number of piperidine rings is 1. The minimum Gasteiger partial charge on any atom is -0.494 e. The van der Waals surface area contributed by atoms with Gasteiger partial charge in [-0.15, -0.1) is 0 Å². The van der Waals surface area contributed by atoms with Crippen LogP contribution in [0.1, 0.15) is 39.7 Å². The van der Waals surface area contributed by atoms with E-state index in [1.54, 1.807) is 13.0 Å². The topological polar surface area (TPSA) is 64.4 Å². The number of amides is 1. The van der Waals surface area contributed by atoms with E-state index in [1.165, 1.54) is 10.7 Å². The van der Waals surface area contributed by atoms with Crippen LogP contribution in [0.25, 0.3) is 11.3 Å². The Hall–Kier alpha value is -2.63. The van der Waals surface area contributed by atoms with Gasteiger partial charge in [0.05, 0.1) is 12.3 Å². The van der Waals surface area contributed by atoms with Gasteiger partial charge in [-0.25, -0.2) is 4.68 Å². The summed E-state index contributed by atoms with van der Waals surface area (Å²) < 4.78 is 6.76. The molecular weight excluding hydrogens is 342 g/mol. The van der Waals surface area contributed by atoms with Gasteiger partial charge >= 0.3 is 0 Å². The van der Waals surface area contributed by atoms with E-state index in [0.29, 0.717) is 18.2 Å². The Balaban J connectivity index is 1.82. The summed E-state index contributed by atoms with van der Waals surface area (Å²) >= 11 is 0. The highest BCUT2D eigenvalue weighted by Crippen LogP contribution is 2.22. The molecule has 0 saturated carbocycles. The minimum absolute atomic E-state index is 0.0413. The highest BCUT2D eigenvalue weighted by atomic mass is 16.5. The number of likely N-dealkylation sites (tertiary alicyclic amines) is 1. The number of rotatable bonds is 5. The maximum atomic E-state index is 12.8. The van der Waals surface area contributed by atoms with Crippen molar-refractivity contribution >= 4 is 5.91 Å². The summed E-state index contributed by atoms with van der Waals surface area (Å²) in [5.41, 5.74) is 1.26. The van der Waals surface area contributed by atoms with Gasteiger partial charge in [-0.3, -0.25) is 9.59 Å². The molecule has 2 heterocycles. The first-order chi connectivity index (χ1) is 13.0. The second-order valence-electron chi connectivity index (χ2n) is 7.14. The Morgan fingerprint density at radius 1 is 1.19 bits per heavy atom. The molecule has 1 aromatic carbocycles. The van der Waals surface area contributed by atoms with Gasteiger partial charge in [-0.05, 0) is 62.9 Å². The maximum Gasteiger partial charge on any atom is 0.267 e. The van der Waals surface area contributed by atoms with E-state index < -0.39 is 6.04 Å². The molecule has 1 fully saturated rings. The number of hydrogen-bond donors (Lipinski definition) is 0. The monoisotopic (exact) mass is 369 g/mol. The van der Waals surface area contributed by atoms with Crippen molar-refractivity contribution in [2.45, 2.75) is 39.7 Å². The lowest BCUT2D eigenvalue weighted by molar-refractivity contribution is -0.136. The van der Waals surface area contributed by atoms with Crippen LogP contribution in [0.3, 0.4) is 0 Å². The van der Waals surface area contributed by atoms with Gasteiger partial charge < -0.3 is 9.64 Å². The van der Waals surface area contributed by atoms with Crippen LogP contribution in [-0.2, 0) is 4.79 Å². The molecule has 0 bridgehead atoms. The molecule has 144 valence electrons. The van der Waals surface area contributed by atoms with Crippen molar-refractivity contribution in [1.29, 1.82) is 0 Å². The van der Waals surface area contributed by atoms with Crippen LogP contribution >= 0.6 is 0 Å². The van der Waals surface area contributed by atoms with Crippen molar-refractivity contribution < 1.29 is 9.53 Å². The standard InChI is InChI=1S/C21H27N3O3/c1-4-27-18-7-5-17(6-8-18)19-9-10-20(25)24(22-19)16(3)21(26)23-13-11-15(2)12-14-23/h5-10,15-16H,4,11-14H2,1-3H3. The van der Waals surface area contributed by atoms with Crippen LogP contribution in [-0.4, -0.2) is 40.3 Å². The largest absolute Gasteiger partial charge is 0.494 e. The zero-order valence-corrected chi connectivity index (χ0v) is 16.2. The van der Waals surface area contributed by atoms with Crippen LogP contribution in [0.5, 0.6) is 5.75 Å². The number of ether oxygens (including phenoxy) is 1. The molecule has 1 unspecified atom stereocenters. The molecule has 1 amide bonds. The third-order valence-electron chi connectivity index (χ3n) is 5.11. The first-order valence-corrected chi connectivity index (χ1v) is 9.61. The van der Waals surface area contributed by atoms with Crippen molar-refractivity contribution in [3.05, 3.63) is 46.8 Å². The third-order valence-corrected chi connectivity index (χ3v) is 5.11. The molecule has 0 spiro atoms. The molecule has 6 nitrogen and oxygen atoms in total. The van der Waals surface area contributed by atoms with Gasteiger partial charge in [0.1, 0.15) is 11.8 Å². The highest BCUT2D eigenvalue weighted by molar-refractivity contribution is 5.80. The molecule has 3 rings (SSSR count). The molecule has 2 aromatic rings. The second-order valence-corrected chi connectivity index (χ2v) is 7.14. The van der Waals surface area contributed by atoms with E-state index in [-0.39, 0.29) is 11.5 Å². The summed E-state index contributed by atoms with van der Waals surface area (Å²) in [5.74, 6) is 1.39. The van der Waals surface area contributed by atoms with E-state index in [4.69, 9.17) is 4.74 Å². The predicted molar refractivity (Wildman–Crippen MR) is 105 cm³/mol. The smallest absolute Gasteiger partial charge is 0.267 e. The van der Waals surface area contributed by atoms with Gasteiger partial charge in [0.25, 0.3) is 5.56 Å². The zero-order valence-electron chi connectivity index (χ0n) is 16.2. The summed E-state index contributed by atoms with van der Waals surface area (Å²) in [4.78, 5) is 27.0. The molecule has 1 aliphatic heterocycles. The molecule has 1 saturated heterocycles. The SMILES string of the molecule is CCOc1ccc(-c2ccc(=O)n(C(C)C(=O)N3CCC(C)CC3)n2)cc1. The molecule has 0 N–H and O–H groups in total. The molecule has 1 atom stereocenters. The normalized spacial score (nSPS) is 16.2. The van der Waals surface area contributed by atoms with Crippen LogP contribution < -0.4 is 10.3 Å². The fourth-order valence-electron chi connectivity index (χ4n) is 3.34. The predicted octanol–water partition coefficient (Wildman–Crippen LogP) is 3.13. The second kappa shape index (κ2) is 8.37. The molecule has 0 radical (unpaired) electrons. The first kappa shape index (κ1) is 19.1. The number of carbonyl (C=O) groups excluding carboxylic acids is 1. The van der Waals surface area contributed by atoms with Gasteiger partial charge in [0, 0.05) is 24.7 Å². The van der Waals surface area contributed by atoms with Gasteiger partial charge in [0.15, 0.2) is 0 Å². The van der Waals surface area contributed by atoms with Crippen molar-refractivity contribution in [3.63, 3.8) is 0 Å². The fourth-order valence-corrected chi connectivity index (χ4v) is 3.34. The Bertz CT molecular complexity index is 836. The number of hydrogen-bond acceptors (Lipinski definition) is 4. The lowest BCUT2D eigenvalue weighted by atomic mass is 9.99. The lowest BCUT2D eigenvalue weighted by Gasteiger charge is -2.32. The lowest BCUT2D eigenvalue weighted by Crippen LogP contribution is -2.43. The summed E-state index contributed by atoms with van der Waals surface area (Å²) in [6, 6.07) is 10.1. The summed E-state index contributed by atoms with van der Waals surface area (Å²) in [6.07, 6.45) is 2.01.